The second kappa shape index (κ2) is 11.7. The molecular weight excluding hydrogens is 510 g/mol. The van der Waals surface area contributed by atoms with Crippen molar-refractivity contribution in [2.24, 2.45) is 0 Å². The molecule has 206 valence electrons. The number of hydrogen-bond donors (Lipinski definition) is 1. The maximum atomic E-state index is 13.5. The quantitative estimate of drug-likeness (QED) is 0.447. The third-order valence-corrected chi connectivity index (χ3v) is 8.52. The molecule has 0 radical (unpaired) electrons. The molecule has 2 aliphatic heterocycles. The Labute approximate surface area is 229 Å². The largest absolute Gasteiger partial charge is 0.437 e. The molecule has 3 fully saturated rings. The van der Waals surface area contributed by atoms with Crippen molar-refractivity contribution in [2.45, 2.75) is 75.7 Å². The van der Waals surface area contributed by atoms with Gasteiger partial charge in [0.2, 0.25) is 0 Å². The minimum absolute atomic E-state index is 0. The predicted molar refractivity (Wildman–Crippen MR) is 146 cm³/mol. The van der Waals surface area contributed by atoms with Gasteiger partial charge in [-0.3, -0.25) is 4.90 Å². The van der Waals surface area contributed by atoms with Crippen LogP contribution in [0.25, 0.3) is 5.57 Å². The summed E-state index contributed by atoms with van der Waals surface area (Å²) in [6, 6.07) is 12.7. The molecule has 3 aliphatic rings. The molecule has 8 heteroatoms. The normalized spacial score (nSPS) is 23.7. The fraction of sp³-hybridized carbons (Fsp3) is 0.500. The Hall–Kier alpha value is -2.48. The summed E-state index contributed by atoms with van der Waals surface area (Å²) in [5.41, 5.74) is 0.506. The van der Waals surface area contributed by atoms with E-state index in [1.165, 1.54) is 30.7 Å². The maximum absolute atomic E-state index is 13.5. The molecule has 2 heterocycles. The SMILES string of the molecule is CC1(O)N(C2CCCCC2)C(=O)OC12CCN(CCC=C(c1ccc(F)cc1)c1ccc(F)cc1)CC2.Cl. The van der Waals surface area contributed by atoms with Crippen LogP contribution in [-0.2, 0) is 4.74 Å². The highest BCUT2D eigenvalue weighted by Crippen LogP contribution is 2.47. The van der Waals surface area contributed by atoms with Gasteiger partial charge in [-0.15, -0.1) is 12.4 Å². The third-order valence-electron chi connectivity index (χ3n) is 8.52. The zero-order chi connectivity index (χ0) is 26.0. The van der Waals surface area contributed by atoms with Crippen molar-refractivity contribution in [1.29, 1.82) is 0 Å². The van der Waals surface area contributed by atoms with Gasteiger partial charge in [0, 0.05) is 38.5 Å². The minimum Gasteiger partial charge on any atom is -0.437 e. The number of hydrogen-bond acceptors (Lipinski definition) is 4. The van der Waals surface area contributed by atoms with E-state index in [-0.39, 0.29) is 36.2 Å². The topological polar surface area (TPSA) is 53.0 Å². The highest BCUT2D eigenvalue weighted by molar-refractivity contribution is 5.85. The van der Waals surface area contributed by atoms with Gasteiger partial charge in [-0.05, 0) is 67.2 Å². The van der Waals surface area contributed by atoms with Crippen LogP contribution in [0.4, 0.5) is 13.6 Å². The number of halogens is 3. The van der Waals surface area contributed by atoms with Crippen LogP contribution in [0.1, 0.15) is 69.4 Å². The van der Waals surface area contributed by atoms with Crippen LogP contribution in [0.2, 0.25) is 0 Å². The van der Waals surface area contributed by atoms with E-state index in [9.17, 15) is 18.7 Å². The molecule has 0 aromatic heterocycles. The highest BCUT2D eigenvalue weighted by Gasteiger charge is 2.63. The number of carbonyl (C=O) groups is 1. The Morgan fingerprint density at radius 3 is 2.03 bits per heavy atom. The van der Waals surface area contributed by atoms with Crippen molar-refractivity contribution in [1.82, 2.24) is 9.80 Å². The number of piperidine rings is 1. The van der Waals surface area contributed by atoms with Crippen LogP contribution in [0, 0.1) is 11.6 Å². The second-order valence-electron chi connectivity index (χ2n) is 10.8. The van der Waals surface area contributed by atoms with Crippen LogP contribution in [0.5, 0.6) is 0 Å². The lowest BCUT2D eigenvalue weighted by Crippen LogP contribution is -2.62. The summed E-state index contributed by atoms with van der Waals surface area (Å²) < 4.78 is 32.9. The van der Waals surface area contributed by atoms with Crippen LogP contribution >= 0.6 is 12.4 Å². The molecular formula is C30H37ClF2N2O3. The molecule has 1 saturated carbocycles. The van der Waals surface area contributed by atoms with Crippen LogP contribution in [0.15, 0.2) is 54.6 Å². The number of benzene rings is 2. The van der Waals surface area contributed by atoms with Crippen molar-refractivity contribution in [3.05, 3.63) is 77.4 Å². The molecule has 1 spiro atoms. The summed E-state index contributed by atoms with van der Waals surface area (Å²) in [6.45, 7) is 3.99. The van der Waals surface area contributed by atoms with Crippen molar-refractivity contribution in [2.75, 3.05) is 19.6 Å². The molecule has 1 N–H and O–H groups in total. The Bertz CT molecular complexity index is 1080. The average Bonchev–Trinajstić information content (AvgIpc) is 3.08. The van der Waals surface area contributed by atoms with Crippen molar-refractivity contribution in [3.63, 3.8) is 0 Å². The van der Waals surface area contributed by atoms with E-state index < -0.39 is 11.3 Å². The zero-order valence-electron chi connectivity index (χ0n) is 21.9. The Balaban J connectivity index is 0.00000336. The van der Waals surface area contributed by atoms with E-state index in [1.54, 1.807) is 36.1 Å². The van der Waals surface area contributed by atoms with Crippen LogP contribution in [0.3, 0.4) is 0 Å². The molecule has 1 atom stereocenters. The van der Waals surface area contributed by atoms with Gasteiger partial charge in [0.25, 0.3) is 0 Å². The van der Waals surface area contributed by atoms with E-state index in [2.05, 4.69) is 11.0 Å². The maximum Gasteiger partial charge on any atom is 0.413 e. The Kier molecular flexibility index (Phi) is 8.80. The number of carbonyl (C=O) groups excluding carboxylic acids is 1. The monoisotopic (exact) mass is 546 g/mol. The van der Waals surface area contributed by atoms with E-state index in [4.69, 9.17) is 4.74 Å². The molecule has 1 unspecified atom stereocenters. The summed E-state index contributed by atoms with van der Waals surface area (Å²) in [5, 5.41) is 11.6. The van der Waals surface area contributed by atoms with E-state index in [0.29, 0.717) is 12.8 Å². The zero-order valence-corrected chi connectivity index (χ0v) is 22.7. The standard InChI is InChI=1S/C30H36F2N2O3.ClH/c1-29(36)30(37-28(35)34(29)26-6-3-2-4-7-26)17-20-33(21-18-30)19-5-8-27(22-9-13-24(31)14-10-22)23-11-15-25(32)16-12-23;/h8-16,26,36H,2-7,17-21H2,1H3;1H. The van der Waals surface area contributed by atoms with Gasteiger partial charge in [0.1, 0.15) is 11.6 Å². The molecule has 1 aliphatic carbocycles. The summed E-state index contributed by atoms with van der Waals surface area (Å²) in [4.78, 5) is 16.8. The van der Waals surface area contributed by atoms with E-state index >= 15 is 0 Å². The first-order valence-corrected chi connectivity index (χ1v) is 13.5. The summed E-state index contributed by atoms with van der Waals surface area (Å²) in [5.74, 6) is -0.593. The number of aliphatic hydroxyl groups is 1. The van der Waals surface area contributed by atoms with E-state index in [1.807, 2.05) is 0 Å². The first-order valence-electron chi connectivity index (χ1n) is 13.5. The highest BCUT2D eigenvalue weighted by atomic mass is 35.5. The fourth-order valence-corrected chi connectivity index (χ4v) is 6.32. The molecule has 1 amide bonds. The van der Waals surface area contributed by atoms with Crippen molar-refractivity contribution < 1.29 is 23.4 Å². The number of rotatable bonds is 6. The lowest BCUT2D eigenvalue weighted by atomic mass is 9.80. The first-order chi connectivity index (χ1) is 17.8. The Morgan fingerprint density at radius 2 is 1.50 bits per heavy atom. The van der Waals surface area contributed by atoms with Gasteiger partial charge in [-0.2, -0.15) is 0 Å². The van der Waals surface area contributed by atoms with Gasteiger partial charge >= 0.3 is 6.09 Å². The molecule has 2 aromatic carbocycles. The lowest BCUT2D eigenvalue weighted by molar-refractivity contribution is -0.173. The van der Waals surface area contributed by atoms with Crippen molar-refractivity contribution >= 4 is 24.1 Å². The number of amides is 1. The van der Waals surface area contributed by atoms with Gasteiger partial charge in [-0.25, -0.2) is 13.6 Å². The molecule has 5 rings (SSSR count). The summed E-state index contributed by atoms with van der Waals surface area (Å²) in [7, 11) is 0. The smallest absolute Gasteiger partial charge is 0.413 e. The molecule has 38 heavy (non-hydrogen) atoms. The number of nitrogens with zero attached hydrogens (tertiary/aromatic N) is 2. The summed E-state index contributed by atoms with van der Waals surface area (Å²) in [6.07, 6.45) is 8.84. The van der Waals surface area contributed by atoms with Gasteiger partial charge < -0.3 is 14.7 Å². The molecule has 2 aromatic rings. The minimum atomic E-state index is -1.31. The van der Waals surface area contributed by atoms with E-state index in [0.717, 1.165) is 68.4 Å². The fourth-order valence-electron chi connectivity index (χ4n) is 6.32. The van der Waals surface area contributed by atoms with Gasteiger partial charge in [-0.1, -0.05) is 49.6 Å². The average molecular weight is 547 g/mol. The third kappa shape index (κ3) is 5.61. The summed E-state index contributed by atoms with van der Waals surface area (Å²) >= 11 is 0. The van der Waals surface area contributed by atoms with Crippen LogP contribution < -0.4 is 0 Å². The Morgan fingerprint density at radius 1 is 0.974 bits per heavy atom. The van der Waals surface area contributed by atoms with Gasteiger partial charge in [0.05, 0.1) is 0 Å². The molecule has 0 bridgehead atoms. The first kappa shape index (κ1) is 28.5. The molecule has 5 nitrogen and oxygen atoms in total. The van der Waals surface area contributed by atoms with Crippen molar-refractivity contribution in [3.8, 4) is 0 Å². The van der Waals surface area contributed by atoms with Crippen LogP contribution in [-0.4, -0.2) is 58.0 Å². The predicted octanol–water partition coefficient (Wildman–Crippen LogP) is 6.54. The number of ether oxygens (including phenoxy) is 1. The van der Waals surface area contributed by atoms with Gasteiger partial charge in [0.15, 0.2) is 11.3 Å². The molecule has 2 saturated heterocycles. The lowest BCUT2D eigenvalue weighted by Gasteiger charge is -2.46. The number of likely N-dealkylation sites (tertiary alicyclic amines) is 1. The second-order valence-corrected chi connectivity index (χ2v) is 10.8.